The van der Waals surface area contributed by atoms with Crippen LogP contribution in [-0.4, -0.2) is 36.8 Å². The van der Waals surface area contributed by atoms with Gasteiger partial charge in [0.05, 0.1) is 6.54 Å². The first-order valence-electron chi connectivity index (χ1n) is 7.90. The van der Waals surface area contributed by atoms with Crippen LogP contribution >= 0.6 is 0 Å². The maximum absolute atomic E-state index is 11.4. The number of amides is 1. The van der Waals surface area contributed by atoms with Gasteiger partial charge in [-0.25, -0.2) is 4.79 Å². The molecule has 122 valence electrons. The molecule has 1 rings (SSSR count). The van der Waals surface area contributed by atoms with Gasteiger partial charge in [0.15, 0.2) is 5.96 Å². The summed E-state index contributed by atoms with van der Waals surface area (Å²) in [6, 6.07) is 0.440. The van der Waals surface area contributed by atoms with Crippen LogP contribution in [0.5, 0.6) is 0 Å². The molecule has 1 amide bonds. The summed E-state index contributed by atoms with van der Waals surface area (Å²) in [6.07, 6.45) is 7.03. The van der Waals surface area contributed by atoms with Crippen LogP contribution in [0.15, 0.2) is 4.99 Å². The van der Waals surface area contributed by atoms with Crippen LogP contribution in [0.25, 0.3) is 0 Å². The van der Waals surface area contributed by atoms with Crippen LogP contribution in [0.3, 0.4) is 0 Å². The van der Waals surface area contributed by atoms with Crippen molar-refractivity contribution in [1.29, 1.82) is 0 Å². The normalized spacial score (nSPS) is 18.0. The lowest BCUT2D eigenvalue weighted by Crippen LogP contribution is -2.40. The second-order valence-corrected chi connectivity index (χ2v) is 6.53. The molecule has 4 N–H and O–H groups in total. The van der Waals surface area contributed by atoms with Crippen molar-refractivity contribution in [2.45, 2.75) is 70.9 Å². The zero-order valence-corrected chi connectivity index (χ0v) is 13.6. The summed E-state index contributed by atoms with van der Waals surface area (Å²) >= 11 is 0. The summed E-state index contributed by atoms with van der Waals surface area (Å²) in [5.41, 5.74) is 5.39. The number of nitrogens with zero attached hydrogens (tertiary/aromatic N) is 1. The molecule has 1 saturated carbocycles. The number of aliphatic imine (C=N–C) groups is 1. The number of nitrogens with two attached hydrogens (primary N) is 1. The smallest absolute Gasteiger partial charge is 0.407 e. The molecule has 0 saturated heterocycles. The molecule has 0 bridgehead atoms. The van der Waals surface area contributed by atoms with Crippen molar-refractivity contribution in [3.8, 4) is 0 Å². The van der Waals surface area contributed by atoms with Crippen LogP contribution in [0, 0.1) is 0 Å². The summed E-state index contributed by atoms with van der Waals surface area (Å²) in [6.45, 7) is 6.37. The molecule has 21 heavy (non-hydrogen) atoms. The maximum atomic E-state index is 11.4. The molecule has 0 atom stereocenters. The molecule has 0 unspecified atom stereocenters. The van der Waals surface area contributed by atoms with E-state index in [0.717, 1.165) is 12.8 Å². The van der Waals surface area contributed by atoms with E-state index in [1.54, 1.807) is 0 Å². The molecular weight excluding hydrogens is 268 g/mol. The van der Waals surface area contributed by atoms with E-state index >= 15 is 0 Å². The van der Waals surface area contributed by atoms with Gasteiger partial charge >= 0.3 is 6.09 Å². The number of nitrogens with one attached hydrogen (secondary N) is 2. The Morgan fingerprint density at radius 3 is 2.43 bits per heavy atom. The zero-order valence-electron chi connectivity index (χ0n) is 13.6. The number of hydrogen-bond acceptors (Lipinski definition) is 3. The molecule has 0 spiro atoms. The molecule has 1 aliphatic rings. The van der Waals surface area contributed by atoms with Gasteiger partial charge in [0.25, 0.3) is 0 Å². The Morgan fingerprint density at radius 1 is 1.24 bits per heavy atom. The lowest BCUT2D eigenvalue weighted by atomic mass is 10.1. The van der Waals surface area contributed by atoms with Crippen molar-refractivity contribution < 1.29 is 9.53 Å². The molecule has 6 nitrogen and oxygen atoms in total. The topological polar surface area (TPSA) is 88.7 Å². The fourth-order valence-corrected chi connectivity index (χ4v) is 2.33. The predicted octanol–water partition coefficient (Wildman–Crippen LogP) is 2.14. The van der Waals surface area contributed by atoms with E-state index in [1.807, 2.05) is 20.8 Å². The highest BCUT2D eigenvalue weighted by Crippen LogP contribution is 2.16. The molecule has 0 aliphatic heterocycles. The summed E-state index contributed by atoms with van der Waals surface area (Å²) in [7, 11) is 0. The van der Waals surface area contributed by atoms with E-state index < -0.39 is 11.7 Å². The first-order valence-corrected chi connectivity index (χ1v) is 7.90. The largest absolute Gasteiger partial charge is 0.444 e. The van der Waals surface area contributed by atoms with Gasteiger partial charge in [-0.1, -0.05) is 25.7 Å². The van der Waals surface area contributed by atoms with Gasteiger partial charge in [-0.3, -0.25) is 4.99 Å². The average molecular weight is 298 g/mol. The maximum Gasteiger partial charge on any atom is 0.407 e. The van der Waals surface area contributed by atoms with Crippen molar-refractivity contribution in [3.05, 3.63) is 0 Å². The quantitative estimate of drug-likeness (QED) is 0.321. The van der Waals surface area contributed by atoms with Gasteiger partial charge in [0.1, 0.15) is 5.60 Å². The summed E-state index contributed by atoms with van der Waals surface area (Å²) in [5.74, 6) is 0.466. The number of alkyl carbamates (subject to hydrolysis) is 1. The lowest BCUT2D eigenvalue weighted by molar-refractivity contribution is 0.0529. The Hall–Kier alpha value is -1.46. The number of rotatable bonds is 4. The standard InChI is InChI=1S/C15H30N4O2/c1-15(2,3)21-14(20)18-11-10-17-13(16)19-12-8-6-4-5-7-9-12/h12H,4-11H2,1-3H3,(H,18,20)(H3,16,17,19). The van der Waals surface area contributed by atoms with E-state index in [0.29, 0.717) is 25.1 Å². The lowest BCUT2D eigenvalue weighted by Gasteiger charge is -2.19. The number of carbonyl (C=O) groups excluding carboxylic acids is 1. The molecule has 0 radical (unpaired) electrons. The molecule has 1 aliphatic carbocycles. The Balaban J connectivity index is 2.18. The van der Waals surface area contributed by atoms with Crippen LogP contribution in [-0.2, 0) is 4.74 Å². The minimum absolute atomic E-state index is 0.419. The highest BCUT2D eigenvalue weighted by molar-refractivity contribution is 5.78. The second kappa shape index (κ2) is 8.74. The Bertz CT molecular complexity index is 342. The van der Waals surface area contributed by atoms with E-state index in [-0.39, 0.29) is 0 Å². The highest BCUT2D eigenvalue weighted by Gasteiger charge is 2.15. The highest BCUT2D eigenvalue weighted by atomic mass is 16.6. The summed E-state index contributed by atoms with van der Waals surface area (Å²) in [4.78, 5) is 15.7. The van der Waals surface area contributed by atoms with Crippen molar-refractivity contribution in [3.63, 3.8) is 0 Å². The van der Waals surface area contributed by atoms with Crippen LogP contribution in [0.1, 0.15) is 59.3 Å². The monoisotopic (exact) mass is 298 g/mol. The zero-order chi connectivity index (χ0) is 15.7. The molecule has 6 heteroatoms. The Labute approximate surface area is 127 Å². The van der Waals surface area contributed by atoms with Crippen LogP contribution in [0.2, 0.25) is 0 Å². The summed E-state index contributed by atoms with van der Waals surface area (Å²) < 4.78 is 5.13. The molecule has 0 heterocycles. The van der Waals surface area contributed by atoms with Gasteiger partial charge < -0.3 is 21.1 Å². The van der Waals surface area contributed by atoms with Gasteiger partial charge in [0, 0.05) is 12.6 Å². The first-order chi connectivity index (χ1) is 9.87. The van der Waals surface area contributed by atoms with E-state index in [4.69, 9.17) is 10.5 Å². The van der Waals surface area contributed by atoms with E-state index in [1.165, 1.54) is 25.7 Å². The van der Waals surface area contributed by atoms with Crippen molar-refractivity contribution in [1.82, 2.24) is 10.6 Å². The van der Waals surface area contributed by atoms with Crippen LogP contribution < -0.4 is 16.4 Å². The third-order valence-electron chi connectivity index (χ3n) is 3.27. The van der Waals surface area contributed by atoms with Crippen LogP contribution in [0.4, 0.5) is 4.79 Å². The first kappa shape index (κ1) is 17.6. The van der Waals surface area contributed by atoms with Crippen molar-refractivity contribution >= 4 is 12.1 Å². The van der Waals surface area contributed by atoms with E-state index in [2.05, 4.69) is 15.6 Å². The number of carbonyl (C=O) groups is 1. The van der Waals surface area contributed by atoms with Gasteiger partial charge in [-0.15, -0.1) is 0 Å². The van der Waals surface area contributed by atoms with Gasteiger partial charge in [0.2, 0.25) is 0 Å². The SMILES string of the molecule is CC(C)(C)OC(=O)NCCN=C(N)NC1CCCCCC1. The third-order valence-corrected chi connectivity index (χ3v) is 3.27. The van der Waals surface area contributed by atoms with Gasteiger partial charge in [-0.05, 0) is 33.6 Å². The van der Waals surface area contributed by atoms with Crippen molar-refractivity contribution in [2.24, 2.45) is 10.7 Å². The molecule has 0 aromatic carbocycles. The number of ether oxygens (including phenoxy) is 1. The molecule has 1 fully saturated rings. The second-order valence-electron chi connectivity index (χ2n) is 6.53. The number of hydrogen-bond donors (Lipinski definition) is 3. The number of guanidine groups is 1. The van der Waals surface area contributed by atoms with E-state index in [9.17, 15) is 4.79 Å². The Kier molecular flexibility index (Phi) is 7.32. The Morgan fingerprint density at radius 2 is 1.86 bits per heavy atom. The predicted molar refractivity (Wildman–Crippen MR) is 85.4 cm³/mol. The minimum atomic E-state index is -0.479. The average Bonchev–Trinajstić information content (AvgIpc) is 2.61. The summed E-state index contributed by atoms with van der Waals surface area (Å²) in [5, 5.41) is 5.93. The molecule has 0 aromatic heterocycles. The molecular formula is C15H30N4O2. The third kappa shape index (κ3) is 9.15. The molecule has 0 aromatic rings. The van der Waals surface area contributed by atoms with Crippen molar-refractivity contribution in [2.75, 3.05) is 13.1 Å². The fraction of sp³-hybridized carbons (Fsp3) is 0.867. The fourth-order valence-electron chi connectivity index (χ4n) is 2.33. The minimum Gasteiger partial charge on any atom is -0.444 e. The van der Waals surface area contributed by atoms with Gasteiger partial charge in [-0.2, -0.15) is 0 Å².